The maximum absolute atomic E-state index is 11.9. The van der Waals surface area contributed by atoms with Gasteiger partial charge in [0, 0.05) is 37.0 Å². The smallest absolute Gasteiger partial charge is 0.251 e. The van der Waals surface area contributed by atoms with Crippen LogP contribution >= 0.6 is 0 Å². The molecule has 1 atom stereocenters. The van der Waals surface area contributed by atoms with Crippen LogP contribution in [0.5, 0.6) is 0 Å². The SMILES string of the molecule is NCCc1cc(C(=O)NCC2CCCO2)ccn1. The Morgan fingerprint density at radius 3 is 3.22 bits per heavy atom. The molecule has 0 bridgehead atoms. The zero-order chi connectivity index (χ0) is 12.8. The molecular weight excluding hydrogens is 230 g/mol. The van der Waals surface area contributed by atoms with Gasteiger partial charge in [-0.15, -0.1) is 0 Å². The Morgan fingerprint density at radius 1 is 1.61 bits per heavy atom. The van der Waals surface area contributed by atoms with E-state index in [-0.39, 0.29) is 12.0 Å². The quantitative estimate of drug-likeness (QED) is 0.796. The zero-order valence-electron chi connectivity index (χ0n) is 10.4. The molecule has 5 heteroatoms. The summed E-state index contributed by atoms with van der Waals surface area (Å²) in [6.07, 6.45) is 4.60. The zero-order valence-corrected chi connectivity index (χ0v) is 10.4. The summed E-state index contributed by atoms with van der Waals surface area (Å²) in [5.41, 5.74) is 6.95. The Kier molecular flexibility index (Phi) is 4.66. The number of nitrogens with one attached hydrogen (secondary N) is 1. The minimum atomic E-state index is -0.0776. The fourth-order valence-electron chi connectivity index (χ4n) is 2.02. The summed E-state index contributed by atoms with van der Waals surface area (Å²) in [5.74, 6) is -0.0776. The molecule has 0 radical (unpaired) electrons. The molecule has 1 aromatic rings. The maximum atomic E-state index is 11.9. The Bertz CT molecular complexity index is 403. The van der Waals surface area contributed by atoms with Crippen LogP contribution in [0, 0.1) is 0 Å². The average molecular weight is 249 g/mol. The second-order valence-corrected chi connectivity index (χ2v) is 4.42. The predicted molar refractivity (Wildman–Crippen MR) is 68.3 cm³/mol. The van der Waals surface area contributed by atoms with Gasteiger partial charge in [0.2, 0.25) is 0 Å². The molecule has 2 rings (SSSR count). The van der Waals surface area contributed by atoms with Crippen molar-refractivity contribution in [2.24, 2.45) is 5.73 Å². The van der Waals surface area contributed by atoms with Gasteiger partial charge in [-0.25, -0.2) is 0 Å². The van der Waals surface area contributed by atoms with Gasteiger partial charge in [0.15, 0.2) is 0 Å². The van der Waals surface area contributed by atoms with E-state index in [1.54, 1.807) is 18.3 Å². The number of rotatable bonds is 5. The number of amides is 1. The van der Waals surface area contributed by atoms with E-state index in [1.807, 2.05) is 0 Å². The standard InChI is InChI=1S/C13H19N3O2/c14-5-3-11-8-10(4-6-15-11)13(17)16-9-12-2-1-7-18-12/h4,6,8,12H,1-3,5,7,9,14H2,(H,16,17). The Labute approximate surface area is 107 Å². The van der Waals surface area contributed by atoms with Gasteiger partial charge in [-0.3, -0.25) is 9.78 Å². The lowest BCUT2D eigenvalue weighted by Crippen LogP contribution is -2.31. The lowest BCUT2D eigenvalue weighted by Gasteiger charge is -2.11. The van der Waals surface area contributed by atoms with Crippen LogP contribution in [0.4, 0.5) is 0 Å². The Balaban J connectivity index is 1.89. The van der Waals surface area contributed by atoms with Gasteiger partial charge < -0.3 is 15.8 Å². The molecule has 5 nitrogen and oxygen atoms in total. The normalized spacial score (nSPS) is 18.8. The first-order valence-electron chi connectivity index (χ1n) is 6.34. The molecule has 98 valence electrons. The molecule has 1 aliphatic heterocycles. The second-order valence-electron chi connectivity index (χ2n) is 4.42. The second kappa shape index (κ2) is 6.47. The highest BCUT2D eigenvalue weighted by atomic mass is 16.5. The first-order chi connectivity index (χ1) is 8.79. The van der Waals surface area contributed by atoms with E-state index in [2.05, 4.69) is 10.3 Å². The van der Waals surface area contributed by atoms with Crippen LogP contribution in [-0.4, -0.2) is 36.7 Å². The molecule has 1 aromatic heterocycles. The molecule has 0 aliphatic carbocycles. The first-order valence-corrected chi connectivity index (χ1v) is 6.34. The molecule has 0 saturated carbocycles. The molecule has 1 aliphatic rings. The molecule has 18 heavy (non-hydrogen) atoms. The van der Waals surface area contributed by atoms with Crippen molar-refractivity contribution in [2.75, 3.05) is 19.7 Å². The first kappa shape index (κ1) is 13.0. The minimum absolute atomic E-state index is 0.0776. The van der Waals surface area contributed by atoms with E-state index >= 15 is 0 Å². The van der Waals surface area contributed by atoms with Crippen LogP contribution in [0.15, 0.2) is 18.3 Å². The Hall–Kier alpha value is -1.46. The number of hydrogen-bond donors (Lipinski definition) is 2. The van der Waals surface area contributed by atoms with Gasteiger partial charge in [-0.2, -0.15) is 0 Å². The minimum Gasteiger partial charge on any atom is -0.376 e. The third-order valence-corrected chi connectivity index (χ3v) is 2.99. The third-order valence-electron chi connectivity index (χ3n) is 2.99. The molecule has 0 aromatic carbocycles. The molecule has 1 amide bonds. The van der Waals surface area contributed by atoms with Crippen molar-refractivity contribution in [3.8, 4) is 0 Å². The van der Waals surface area contributed by atoms with Crippen molar-refractivity contribution in [2.45, 2.75) is 25.4 Å². The number of pyridine rings is 1. The van der Waals surface area contributed by atoms with Crippen molar-refractivity contribution in [3.05, 3.63) is 29.6 Å². The van der Waals surface area contributed by atoms with Crippen LogP contribution in [0.1, 0.15) is 28.9 Å². The van der Waals surface area contributed by atoms with E-state index in [4.69, 9.17) is 10.5 Å². The summed E-state index contributed by atoms with van der Waals surface area (Å²) in [6, 6.07) is 3.50. The van der Waals surface area contributed by atoms with E-state index < -0.39 is 0 Å². The number of hydrogen-bond acceptors (Lipinski definition) is 4. The van der Waals surface area contributed by atoms with Crippen molar-refractivity contribution >= 4 is 5.91 Å². The molecule has 1 saturated heterocycles. The lowest BCUT2D eigenvalue weighted by atomic mass is 10.1. The average Bonchev–Trinajstić information content (AvgIpc) is 2.90. The third kappa shape index (κ3) is 3.51. The number of aromatic nitrogens is 1. The summed E-state index contributed by atoms with van der Waals surface area (Å²) >= 11 is 0. The monoisotopic (exact) mass is 249 g/mol. The van der Waals surface area contributed by atoms with Gasteiger partial charge >= 0.3 is 0 Å². The summed E-state index contributed by atoms with van der Waals surface area (Å²) < 4.78 is 5.46. The van der Waals surface area contributed by atoms with Crippen molar-refractivity contribution in [3.63, 3.8) is 0 Å². The number of carbonyl (C=O) groups is 1. The van der Waals surface area contributed by atoms with Crippen molar-refractivity contribution < 1.29 is 9.53 Å². The van der Waals surface area contributed by atoms with Crippen LogP contribution in [-0.2, 0) is 11.2 Å². The molecule has 1 fully saturated rings. The van der Waals surface area contributed by atoms with Crippen molar-refractivity contribution in [1.82, 2.24) is 10.3 Å². The highest BCUT2D eigenvalue weighted by Crippen LogP contribution is 2.11. The van der Waals surface area contributed by atoms with Gasteiger partial charge in [0.25, 0.3) is 5.91 Å². The van der Waals surface area contributed by atoms with E-state index in [0.29, 0.717) is 25.1 Å². The highest BCUT2D eigenvalue weighted by Gasteiger charge is 2.16. The molecule has 2 heterocycles. The van der Waals surface area contributed by atoms with Gasteiger partial charge in [0.05, 0.1) is 6.10 Å². The fraction of sp³-hybridized carbons (Fsp3) is 0.538. The van der Waals surface area contributed by atoms with Crippen molar-refractivity contribution in [1.29, 1.82) is 0 Å². The Morgan fingerprint density at radius 2 is 2.50 bits per heavy atom. The number of nitrogens with zero attached hydrogens (tertiary/aromatic N) is 1. The topological polar surface area (TPSA) is 77.2 Å². The van der Waals surface area contributed by atoms with Crippen LogP contribution < -0.4 is 11.1 Å². The number of ether oxygens (including phenoxy) is 1. The van der Waals surface area contributed by atoms with E-state index in [0.717, 1.165) is 25.1 Å². The van der Waals surface area contributed by atoms with E-state index in [1.165, 1.54) is 0 Å². The van der Waals surface area contributed by atoms with E-state index in [9.17, 15) is 4.79 Å². The molecule has 0 spiro atoms. The molecule has 1 unspecified atom stereocenters. The summed E-state index contributed by atoms with van der Waals surface area (Å²) in [5, 5.41) is 2.89. The molecular formula is C13H19N3O2. The largest absolute Gasteiger partial charge is 0.376 e. The van der Waals surface area contributed by atoms with Crippen LogP contribution in [0.25, 0.3) is 0 Å². The molecule has 3 N–H and O–H groups in total. The van der Waals surface area contributed by atoms with Gasteiger partial charge in [-0.05, 0) is 31.5 Å². The predicted octanol–water partition coefficient (Wildman–Crippen LogP) is 0.492. The highest BCUT2D eigenvalue weighted by molar-refractivity contribution is 5.94. The summed E-state index contributed by atoms with van der Waals surface area (Å²) in [6.45, 7) is 1.91. The van der Waals surface area contributed by atoms with Gasteiger partial charge in [-0.1, -0.05) is 0 Å². The summed E-state index contributed by atoms with van der Waals surface area (Å²) in [4.78, 5) is 16.1. The van der Waals surface area contributed by atoms with Crippen LogP contribution in [0.3, 0.4) is 0 Å². The number of nitrogens with two attached hydrogens (primary N) is 1. The lowest BCUT2D eigenvalue weighted by molar-refractivity contribution is 0.0857. The van der Waals surface area contributed by atoms with Gasteiger partial charge in [0.1, 0.15) is 0 Å². The maximum Gasteiger partial charge on any atom is 0.251 e. The number of carbonyl (C=O) groups excluding carboxylic acids is 1. The van der Waals surface area contributed by atoms with Crippen LogP contribution in [0.2, 0.25) is 0 Å². The summed E-state index contributed by atoms with van der Waals surface area (Å²) in [7, 11) is 0. The fourth-order valence-corrected chi connectivity index (χ4v) is 2.02.